The van der Waals surface area contributed by atoms with E-state index in [1.54, 1.807) is 20.8 Å². The molecule has 44 heavy (non-hydrogen) atoms. The van der Waals surface area contributed by atoms with Gasteiger partial charge in [0, 0.05) is 12.5 Å². The predicted molar refractivity (Wildman–Crippen MR) is 164 cm³/mol. The van der Waals surface area contributed by atoms with Gasteiger partial charge in [-0.2, -0.15) is 0 Å². The number of hydrogen-bond acceptors (Lipinski definition) is 9. The fourth-order valence-electron chi connectivity index (χ4n) is 5.37. The largest absolute Gasteiger partial charge is 0.454 e. The van der Waals surface area contributed by atoms with Crippen molar-refractivity contribution < 1.29 is 42.0 Å². The molecule has 1 fully saturated rings. The number of rotatable bonds is 13. The Kier molecular flexibility index (Phi) is 10.5. The first-order chi connectivity index (χ1) is 20.5. The molecule has 2 aromatic carbocycles. The quantitative estimate of drug-likeness (QED) is 0.290. The summed E-state index contributed by atoms with van der Waals surface area (Å²) in [4.78, 5) is 12.9. The summed E-state index contributed by atoms with van der Waals surface area (Å²) in [5.41, 5.74) is -0.382. The molecular formula is C32H46N2O9S. The van der Waals surface area contributed by atoms with Crippen LogP contribution in [0.15, 0.2) is 53.4 Å². The molecule has 244 valence electrons. The molecule has 3 atom stereocenters. The Bertz CT molecular complexity index is 1370. The minimum atomic E-state index is -4.14. The van der Waals surface area contributed by atoms with Crippen LogP contribution < -0.4 is 19.5 Å². The highest BCUT2D eigenvalue weighted by Crippen LogP contribution is 2.37. The molecule has 0 aliphatic carbocycles. The molecule has 2 aliphatic heterocycles. The molecule has 2 aromatic rings. The average molecular weight is 635 g/mol. The summed E-state index contributed by atoms with van der Waals surface area (Å²) in [5, 5.41) is 14.8. The molecule has 0 spiro atoms. The maximum absolute atomic E-state index is 13.8. The van der Waals surface area contributed by atoms with Crippen molar-refractivity contribution in [1.82, 2.24) is 10.0 Å². The molecule has 2 aliphatic rings. The van der Waals surface area contributed by atoms with Crippen LogP contribution in [0.3, 0.4) is 0 Å². The number of fused-ring (bicyclic) bond motifs is 1. The third kappa shape index (κ3) is 9.55. The fraction of sp³-hybridized carbons (Fsp3) is 0.594. The Labute approximate surface area is 260 Å². The SMILES string of the molecule is CC(C)(CCC1(C)OCCO1)CC(NS(=O)(=O)c1ccc2c(c1)OCO2)[C@H](O)[C@H](Cc1ccccc1)NC(=O)OC(C)(C)C. The van der Waals surface area contributed by atoms with E-state index >= 15 is 0 Å². The minimum Gasteiger partial charge on any atom is -0.454 e. The van der Waals surface area contributed by atoms with E-state index < -0.39 is 51.1 Å². The first-order valence-corrected chi connectivity index (χ1v) is 16.4. The van der Waals surface area contributed by atoms with Crippen molar-refractivity contribution in [2.45, 2.75) is 102 Å². The summed E-state index contributed by atoms with van der Waals surface area (Å²) >= 11 is 0. The van der Waals surface area contributed by atoms with Gasteiger partial charge in [-0.25, -0.2) is 17.9 Å². The first-order valence-electron chi connectivity index (χ1n) is 15.0. The summed E-state index contributed by atoms with van der Waals surface area (Å²) < 4.78 is 58.1. The fourth-order valence-corrected chi connectivity index (χ4v) is 6.64. The van der Waals surface area contributed by atoms with E-state index in [4.69, 9.17) is 23.7 Å². The number of carbonyl (C=O) groups excluding carboxylic acids is 1. The third-order valence-corrected chi connectivity index (χ3v) is 9.20. The maximum atomic E-state index is 13.8. The number of ether oxygens (including phenoxy) is 5. The summed E-state index contributed by atoms with van der Waals surface area (Å²) in [6.07, 6.45) is -0.348. The van der Waals surface area contributed by atoms with E-state index in [0.29, 0.717) is 37.6 Å². The van der Waals surface area contributed by atoms with Gasteiger partial charge in [0.15, 0.2) is 17.3 Å². The molecule has 0 bridgehead atoms. The number of aliphatic hydroxyl groups excluding tert-OH is 1. The van der Waals surface area contributed by atoms with E-state index in [2.05, 4.69) is 10.0 Å². The summed E-state index contributed by atoms with van der Waals surface area (Å²) in [6.45, 7) is 12.2. The molecule has 0 aromatic heterocycles. The average Bonchev–Trinajstić information content (AvgIpc) is 3.59. The zero-order chi connectivity index (χ0) is 32.2. The van der Waals surface area contributed by atoms with Crippen LogP contribution in [0.1, 0.15) is 66.4 Å². The Morgan fingerprint density at radius 2 is 1.66 bits per heavy atom. The van der Waals surface area contributed by atoms with Gasteiger partial charge in [-0.1, -0.05) is 44.2 Å². The smallest absolute Gasteiger partial charge is 0.407 e. The van der Waals surface area contributed by atoms with Crippen LogP contribution in [0.5, 0.6) is 11.5 Å². The Hall–Kier alpha value is -2.90. The Morgan fingerprint density at radius 3 is 2.32 bits per heavy atom. The van der Waals surface area contributed by atoms with Crippen molar-refractivity contribution in [3.05, 3.63) is 54.1 Å². The molecule has 1 unspecified atom stereocenters. The van der Waals surface area contributed by atoms with Crippen LogP contribution in [0, 0.1) is 5.41 Å². The summed E-state index contributed by atoms with van der Waals surface area (Å²) in [6, 6.07) is 11.9. The molecule has 4 rings (SSSR count). The molecule has 0 radical (unpaired) electrons. The van der Waals surface area contributed by atoms with Gasteiger partial charge in [0.2, 0.25) is 16.8 Å². The number of carbonyl (C=O) groups is 1. The van der Waals surface area contributed by atoms with Crippen molar-refractivity contribution in [3.63, 3.8) is 0 Å². The number of alkyl carbamates (subject to hydrolysis) is 1. The molecule has 0 saturated carbocycles. The van der Waals surface area contributed by atoms with Gasteiger partial charge in [0.1, 0.15) is 5.60 Å². The lowest BCUT2D eigenvalue weighted by atomic mass is 9.78. The van der Waals surface area contributed by atoms with E-state index in [9.17, 15) is 18.3 Å². The Balaban J connectivity index is 1.63. The number of amides is 1. The zero-order valence-corrected chi connectivity index (χ0v) is 27.2. The van der Waals surface area contributed by atoms with Crippen molar-refractivity contribution >= 4 is 16.1 Å². The van der Waals surface area contributed by atoms with E-state index in [-0.39, 0.29) is 24.5 Å². The van der Waals surface area contributed by atoms with Crippen LogP contribution in [0.25, 0.3) is 0 Å². The highest BCUT2D eigenvalue weighted by molar-refractivity contribution is 7.89. The van der Waals surface area contributed by atoms with Crippen molar-refractivity contribution in [1.29, 1.82) is 0 Å². The molecule has 1 saturated heterocycles. The van der Waals surface area contributed by atoms with Gasteiger partial charge in [-0.3, -0.25) is 0 Å². The molecule has 1 amide bonds. The van der Waals surface area contributed by atoms with Crippen molar-refractivity contribution in [2.24, 2.45) is 5.41 Å². The second kappa shape index (κ2) is 13.6. The van der Waals surface area contributed by atoms with Gasteiger partial charge >= 0.3 is 6.09 Å². The van der Waals surface area contributed by atoms with Gasteiger partial charge in [0.05, 0.1) is 36.3 Å². The minimum absolute atomic E-state index is 0.00560. The maximum Gasteiger partial charge on any atom is 0.407 e. The monoisotopic (exact) mass is 634 g/mol. The van der Waals surface area contributed by atoms with Gasteiger partial charge in [-0.15, -0.1) is 0 Å². The number of aliphatic hydroxyl groups is 1. The molecule has 3 N–H and O–H groups in total. The summed E-state index contributed by atoms with van der Waals surface area (Å²) in [5.74, 6) is 0.0607. The number of benzene rings is 2. The molecular weight excluding hydrogens is 588 g/mol. The van der Waals surface area contributed by atoms with Crippen molar-refractivity contribution in [3.8, 4) is 11.5 Å². The number of hydrogen-bond donors (Lipinski definition) is 3. The predicted octanol–water partition coefficient (Wildman–Crippen LogP) is 4.52. The van der Waals surface area contributed by atoms with Crippen LogP contribution in [-0.4, -0.2) is 69.2 Å². The molecule has 12 heteroatoms. The molecule has 11 nitrogen and oxygen atoms in total. The second-order valence-electron chi connectivity index (χ2n) is 13.4. The van der Waals surface area contributed by atoms with Gasteiger partial charge in [0.25, 0.3) is 0 Å². The van der Waals surface area contributed by atoms with E-state index in [1.165, 1.54) is 18.2 Å². The number of nitrogens with one attached hydrogen (secondary N) is 2. The van der Waals surface area contributed by atoms with E-state index in [1.807, 2.05) is 51.1 Å². The highest BCUT2D eigenvalue weighted by Gasteiger charge is 2.39. The second-order valence-corrected chi connectivity index (χ2v) is 15.1. The van der Waals surface area contributed by atoms with Gasteiger partial charge in [-0.05, 0) is 70.1 Å². The Morgan fingerprint density at radius 1 is 1.00 bits per heavy atom. The molecule has 2 heterocycles. The topological polar surface area (TPSA) is 142 Å². The standard InChI is InChI=1S/C32H46N2O9S/c1-30(2,3)43-29(36)33-24(18-22-10-8-7-9-11-22)28(35)25(20-31(4,5)14-15-32(6)41-16-17-42-32)34-44(37,38)23-12-13-26-27(19-23)40-21-39-26/h7-13,19,24-25,28,34-35H,14-18,20-21H2,1-6H3,(H,33,36)/t24-,25?,28+/m0/s1. The van der Waals surface area contributed by atoms with Crippen LogP contribution >= 0.6 is 0 Å². The summed E-state index contributed by atoms with van der Waals surface area (Å²) in [7, 11) is -4.14. The lowest BCUT2D eigenvalue weighted by molar-refractivity contribution is -0.151. The lowest BCUT2D eigenvalue weighted by Crippen LogP contribution is -2.56. The number of sulfonamides is 1. The van der Waals surface area contributed by atoms with E-state index in [0.717, 1.165) is 5.56 Å². The normalized spacial score (nSPS) is 18.4. The third-order valence-electron chi connectivity index (χ3n) is 7.71. The van der Waals surface area contributed by atoms with Crippen LogP contribution in [0.2, 0.25) is 0 Å². The van der Waals surface area contributed by atoms with Gasteiger partial charge < -0.3 is 34.1 Å². The van der Waals surface area contributed by atoms with Crippen molar-refractivity contribution in [2.75, 3.05) is 20.0 Å². The lowest BCUT2D eigenvalue weighted by Gasteiger charge is -2.37. The highest BCUT2D eigenvalue weighted by atomic mass is 32.2. The zero-order valence-electron chi connectivity index (χ0n) is 26.4. The van der Waals surface area contributed by atoms with Crippen LogP contribution in [-0.2, 0) is 30.7 Å². The first kappa shape index (κ1) is 34.0. The van der Waals surface area contributed by atoms with Crippen LogP contribution in [0.4, 0.5) is 4.79 Å².